The van der Waals surface area contributed by atoms with Crippen LogP contribution in [0.15, 0.2) is 30.3 Å². The third-order valence-corrected chi connectivity index (χ3v) is 2.76. The minimum atomic E-state index is 0.0443. The van der Waals surface area contributed by atoms with Gasteiger partial charge in [0.15, 0.2) is 17.3 Å². The third kappa shape index (κ3) is 1.96. The first-order valence-electron chi connectivity index (χ1n) is 5.33. The van der Waals surface area contributed by atoms with Gasteiger partial charge in [-0.2, -0.15) is 0 Å². The monoisotopic (exact) mass is 230 g/mol. The molecule has 0 fully saturated rings. The van der Waals surface area contributed by atoms with Gasteiger partial charge in [0.1, 0.15) is 0 Å². The first-order chi connectivity index (χ1) is 8.17. The molecule has 0 amide bonds. The number of rotatable bonds is 3. The summed E-state index contributed by atoms with van der Waals surface area (Å²) in [6.45, 7) is 1.56. The largest absolute Gasteiger partial charge is 0.493 e. The second-order valence-electron chi connectivity index (χ2n) is 3.79. The number of carbonyl (C=O) groups is 1. The lowest BCUT2D eigenvalue weighted by molar-refractivity contribution is 0.101. The quantitative estimate of drug-likeness (QED) is 0.760. The molecule has 0 radical (unpaired) electrons. The van der Waals surface area contributed by atoms with Gasteiger partial charge in [-0.25, -0.2) is 0 Å². The number of Topliss-reactive ketones (excluding diaryl/α,β-unsaturated/α-hetero) is 1. The molecule has 2 rings (SSSR count). The molecule has 0 bridgehead atoms. The Balaban J connectivity index is 2.78. The van der Waals surface area contributed by atoms with Crippen LogP contribution >= 0.6 is 0 Å². The van der Waals surface area contributed by atoms with Gasteiger partial charge in [-0.15, -0.1) is 0 Å². The summed E-state index contributed by atoms with van der Waals surface area (Å²) in [5.74, 6) is 1.34. The molecule has 3 heteroatoms. The lowest BCUT2D eigenvalue weighted by atomic mass is 10.0. The Morgan fingerprint density at radius 1 is 1.06 bits per heavy atom. The fourth-order valence-corrected chi connectivity index (χ4v) is 1.91. The average molecular weight is 230 g/mol. The van der Waals surface area contributed by atoms with Gasteiger partial charge < -0.3 is 9.47 Å². The normalized spacial score (nSPS) is 10.3. The zero-order chi connectivity index (χ0) is 12.4. The summed E-state index contributed by atoms with van der Waals surface area (Å²) in [5, 5.41) is 1.85. The molecule has 0 spiro atoms. The van der Waals surface area contributed by atoms with E-state index in [2.05, 4.69) is 0 Å². The molecule has 0 saturated heterocycles. The average Bonchev–Trinajstić information content (AvgIpc) is 2.35. The first-order valence-corrected chi connectivity index (χ1v) is 5.33. The standard InChI is InChI=1S/C14H14O3/c1-9(15)11-6-4-5-10-7-13(16-2)14(17-3)8-12(10)11/h4-8H,1-3H3. The van der Waals surface area contributed by atoms with E-state index in [1.165, 1.54) is 0 Å². The molecule has 2 aromatic rings. The van der Waals surface area contributed by atoms with Crippen LogP contribution in [0.1, 0.15) is 17.3 Å². The fourth-order valence-electron chi connectivity index (χ4n) is 1.91. The third-order valence-electron chi connectivity index (χ3n) is 2.76. The van der Waals surface area contributed by atoms with Crippen LogP contribution in [0.3, 0.4) is 0 Å². The molecule has 0 heterocycles. The molecule has 17 heavy (non-hydrogen) atoms. The highest BCUT2D eigenvalue weighted by atomic mass is 16.5. The number of methoxy groups -OCH3 is 2. The highest BCUT2D eigenvalue weighted by Crippen LogP contribution is 2.33. The maximum Gasteiger partial charge on any atom is 0.161 e. The predicted molar refractivity (Wildman–Crippen MR) is 67.1 cm³/mol. The van der Waals surface area contributed by atoms with Crippen LogP contribution in [0.25, 0.3) is 10.8 Å². The van der Waals surface area contributed by atoms with Crippen LogP contribution in [0.4, 0.5) is 0 Å². The maximum atomic E-state index is 11.5. The minimum Gasteiger partial charge on any atom is -0.493 e. The summed E-state index contributed by atoms with van der Waals surface area (Å²) in [5.41, 5.74) is 0.698. The van der Waals surface area contributed by atoms with Crippen molar-refractivity contribution in [3.63, 3.8) is 0 Å². The minimum absolute atomic E-state index is 0.0443. The Morgan fingerprint density at radius 2 is 1.71 bits per heavy atom. The summed E-state index contributed by atoms with van der Waals surface area (Å²) in [7, 11) is 3.18. The maximum absolute atomic E-state index is 11.5. The molecule has 0 aromatic heterocycles. The van der Waals surface area contributed by atoms with E-state index < -0.39 is 0 Å². The first kappa shape index (κ1) is 11.5. The molecule has 0 N–H and O–H groups in total. The second kappa shape index (κ2) is 4.45. The van der Waals surface area contributed by atoms with Crippen LogP contribution < -0.4 is 9.47 Å². The van der Waals surface area contributed by atoms with Gasteiger partial charge in [-0.3, -0.25) is 4.79 Å². The van der Waals surface area contributed by atoms with Crippen molar-refractivity contribution in [3.05, 3.63) is 35.9 Å². The Labute approximate surface area is 100.0 Å². The van der Waals surface area contributed by atoms with Gasteiger partial charge in [-0.05, 0) is 29.8 Å². The topological polar surface area (TPSA) is 35.5 Å². The van der Waals surface area contributed by atoms with E-state index in [1.807, 2.05) is 30.3 Å². The molecule has 0 unspecified atom stereocenters. The number of fused-ring (bicyclic) bond motifs is 1. The molecule has 0 aliphatic rings. The summed E-state index contributed by atoms with van der Waals surface area (Å²) >= 11 is 0. The van der Waals surface area contributed by atoms with E-state index in [0.29, 0.717) is 17.1 Å². The van der Waals surface area contributed by atoms with Gasteiger partial charge in [0, 0.05) is 5.56 Å². The van der Waals surface area contributed by atoms with Crippen LogP contribution in [-0.4, -0.2) is 20.0 Å². The number of hydrogen-bond donors (Lipinski definition) is 0. The van der Waals surface area contributed by atoms with Crippen molar-refractivity contribution in [2.75, 3.05) is 14.2 Å². The highest BCUT2D eigenvalue weighted by Gasteiger charge is 2.10. The lowest BCUT2D eigenvalue weighted by Gasteiger charge is -2.10. The van der Waals surface area contributed by atoms with Crippen molar-refractivity contribution in [2.24, 2.45) is 0 Å². The summed E-state index contributed by atoms with van der Waals surface area (Å²) < 4.78 is 10.5. The van der Waals surface area contributed by atoms with Crippen molar-refractivity contribution >= 4 is 16.6 Å². The summed E-state index contributed by atoms with van der Waals surface area (Å²) in [4.78, 5) is 11.5. The molecular weight excluding hydrogens is 216 g/mol. The second-order valence-corrected chi connectivity index (χ2v) is 3.79. The van der Waals surface area contributed by atoms with E-state index in [1.54, 1.807) is 21.1 Å². The Morgan fingerprint density at radius 3 is 2.29 bits per heavy atom. The lowest BCUT2D eigenvalue weighted by Crippen LogP contribution is -1.95. The Kier molecular flexibility index (Phi) is 3.00. The predicted octanol–water partition coefficient (Wildman–Crippen LogP) is 3.06. The molecule has 0 atom stereocenters. The van der Waals surface area contributed by atoms with Crippen molar-refractivity contribution in [1.82, 2.24) is 0 Å². The molecule has 88 valence electrons. The van der Waals surface area contributed by atoms with E-state index in [4.69, 9.17) is 9.47 Å². The Bertz CT molecular complexity index is 573. The summed E-state index contributed by atoms with van der Waals surface area (Å²) in [6, 6.07) is 9.34. The van der Waals surface area contributed by atoms with Gasteiger partial charge in [-0.1, -0.05) is 18.2 Å². The van der Waals surface area contributed by atoms with Crippen molar-refractivity contribution in [3.8, 4) is 11.5 Å². The summed E-state index contributed by atoms with van der Waals surface area (Å²) in [6.07, 6.45) is 0. The van der Waals surface area contributed by atoms with Gasteiger partial charge in [0.2, 0.25) is 0 Å². The zero-order valence-corrected chi connectivity index (χ0v) is 10.1. The van der Waals surface area contributed by atoms with Crippen LogP contribution in [0.5, 0.6) is 11.5 Å². The van der Waals surface area contributed by atoms with E-state index in [-0.39, 0.29) is 5.78 Å². The van der Waals surface area contributed by atoms with E-state index in [9.17, 15) is 4.79 Å². The number of carbonyl (C=O) groups excluding carboxylic acids is 1. The van der Waals surface area contributed by atoms with E-state index >= 15 is 0 Å². The number of benzene rings is 2. The molecule has 2 aromatic carbocycles. The van der Waals surface area contributed by atoms with Gasteiger partial charge in [0.25, 0.3) is 0 Å². The molecule has 0 saturated carbocycles. The van der Waals surface area contributed by atoms with Crippen LogP contribution in [0, 0.1) is 0 Å². The van der Waals surface area contributed by atoms with Crippen molar-refractivity contribution in [1.29, 1.82) is 0 Å². The van der Waals surface area contributed by atoms with Crippen LogP contribution in [0.2, 0.25) is 0 Å². The molecule has 0 aliphatic heterocycles. The molecule has 0 aliphatic carbocycles. The molecular formula is C14H14O3. The number of ketones is 1. The number of hydrogen-bond acceptors (Lipinski definition) is 3. The SMILES string of the molecule is COc1cc2cccc(C(C)=O)c2cc1OC. The van der Waals surface area contributed by atoms with E-state index in [0.717, 1.165) is 10.8 Å². The molecule has 3 nitrogen and oxygen atoms in total. The highest BCUT2D eigenvalue weighted by molar-refractivity contribution is 6.07. The Hall–Kier alpha value is -2.03. The zero-order valence-electron chi connectivity index (χ0n) is 10.1. The fraction of sp³-hybridized carbons (Fsp3) is 0.214. The van der Waals surface area contributed by atoms with Crippen molar-refractivity contribution in [2.45, 2.75) is 6.92 Å². The van der Waals surface area contributed by atoms with Gasteiger partial charge >= 0.3 is 0 Å². The van der Waals surface area contributed by atoms with Crippen molar-refractivity contribution < 1.29 is 14.3 Å². The number of ether oxygens (including phenoxy) is 2. The van der Waals surface area contributed by atoms with Crippen LogP contribution in [-0.2, 0) is 0 Å². The van der Waals surface area contributed by atoms with Gasteiger partial charge in [0.05, 0.1) is 14.2 Å². The smallest absolute Gasteiger partial charge is 0.161 e.